The molecule has 0 bridgehead atoms. The third-order valence-electron chi connectivity index (χ3n) is 5.30. The number of amides is 1. The number of aromatic amines is 1. The summed E-state index contributed by atoms with van der Waals surface area (Å²) >= 11 is 0. The van der Waals surface area contributed by atoms with E-state index >= 15 is 0 Å². The van der Waals surface area contributed by atoms with E-state index in [2.05, 4.69) is 23.3 Å². The second-order valence-electron chi connectivity index (χ2n) is 7.07. The molecule has 1 amide bonds. The number of furan rings is 1. The lowest BCUT2D eigenvalue weighted by Gasteiger charge is -2.18. The van der Waals surface area contributed by atoms with Gasteiger partial charge in [-0.05, 0) is 41.3 Å². The number of para-hydroxylation sites is 1. The van der Waals surface area contributed by atoms with Crippen LogP contribution in [0.4, 0.5) is 4.39 Å². The smallest absolute Gasteiger partial charge is 0.221 e. The topological polar surface area (TPSA) is 58.0 Å². The largest absolute Gasteiger partial charge is 0.467 e. The minimum atomic E-state index is -0.395. The Morgan fingerprint density at radius 3 is 2.72 bits per heavy atom. The summed E-state index contributed by atoms with van der Waals surface area (Å²) in [6, 6.07) is 16.4. The molecule has 29 heavy (non-hydrogen) atoms. The van der Waals surface area contributed by atoms with E-state index in [1.807, 2.05) is 18.3 Å². The van der Waals surface area contributed by atoms with Crippen LogP contribution in [0.2, 0.25) is 0 Å². The average Bonchev–Trinajstić information content (AvgIpc) is 3.41. The van der Waals surface area contributed by atoms with E-state index in [9.17, 15) is 9.18 Å². The van der Waals surface area contributed by atoms with Gasteiger partial charge in [0.25, 0.3) is 0 Å². The number of nitrogens with one attached hydrogen (secondary N) is 2. The number of aromatic nitrogens is 1. The fourth-order valence-corrected chi connectivity index (χ4v) is 3.82. The normalized spacial score (nSPS) is 12.2. The molecular formula is C24H23FN2O2. The third kappa shape index (κ3) is 3.94. The molecule has 2 N–H and O–H groups in total. The van der Waals surface area contributed by atoms with Crippen LogP contribution in [0.25, 0.3) is 10.9 Å². The molecule has 0 saturated carbocycles. The molecular weight excluding hydrogens is 367 g/mol. The Balaban J connectivity index is 1.68. The maximum atomic E-state index is 14.7. The number of fused-ring (bicyclic) bond motifs is 1. The van der Waals surface area contributed by atoms with Gasteiger partial charge in [-0.3, -0.25) is 4.79 Å². The van der Waals surface area contributed by atoms with E-state index < -0.39 is 5.92 Å². The summed E-state index contributed by atoms with van der Waals surface area (Å²) in [5.41, 5.74) is 3.68. The number of aryl methyl sites for hydroxylation is 1. The molecule has 148 valence electrons. The maximum absolute atomic E-state index is 14.7. The van der Waals surface area contributed by atoms with E-state index in [4.69, 9.17) is 4.42 Å². The van der Waals surface area contributed by atoms with Crippen molar-refractivity contribution >= 4 is 16.8 Å². The molecule has 2 heterocycles. The molecule has 2 aromatic carbocycles. The van der Waals surface area contributed by atoms with Crippen LogP contribution in [0.15, 0.2) is 71.5 Å². The van der Waals surface area contributed by atoms with Crippen LogP contribution in [0, 0.1) is 5.82 Å². The first kappa shape index (κ1) is 19.0. The molecule has 0 aliphatic carbocycles. The molecule has 0 saturated heterocycles. The number of carbonyl (C=O) groups is 1. The summed E-state index contributed by atoms with van der Waals surface area (Å²) in [6.45, 7) is 2.41. The average molecular weight is 390 g/mol. The highest BCUT2D eigenvalue weighted by Gasteiger charge is 2.24. The fraction of sp³-hybridized carbons (Fsp3) is 0.208. The SMILES string of the molecule is CCc1cccc2c([C@H](CC(=O)NCc3ccco3)c3ccccc3F)c[nH]c12. The van der Waals surface area contributed by atoms with E-state index in [1.54, 1.807) is 36.6 Å². The van der Waals surface area contributed by atoms with Crippen molar-refractivity contribution in [3.05, 3.63) is 95.3 Å². The maximum Gasteiger partial charge on any atom is 0.221 e. The van der Waals surface area contributed by atoms with Gasteiger partial charge >= 0.3 is 0 Å². The van der Waals surface area contributed by atoms with Crippen molar-refractivity contribution in [2.45, 2.75) is 32.2 Å². The van der Waals surface area contributed by atoms with Crippen molar-refractivity contribution in [1.82, 2.24) is 10.3 Å². The molecule has 0 aliphatic rings. The molecule has 2 aromatic heterocycles. The molecule has 0 radical (unpaired) electrons. The number of halogens is 1. The van der Waals surface area contributed by atoms with E-state index in [-0.39, 0.29) is 18.1 Å². The van der Waals surface area contributed by atoms with Gasteiger partial charge in [0.05, 0.1) is 12.8 Å². The van der Waals surface area contributed by atoms with Crippen LogP contribution in [0.5, 0.6) is 0 Å². The Morgan fingerprint density at radius 2 is 1.97 bits per heavy atom. The predicted molar refractivity (Wildman–Crippen MR) is 111 cm³/mol. The van der Waals surface area contributed by atoms with Crippen molar-refractivity contribution in [1.29, 1.82) is 0 Å². The molecule has 4 aromatic rings. The van der Waals surface area contributed by atoms with Gasteiger partial charge < -0.3 is 14.7 Å². The predicted octanol–water partition coefficient (Wildman–Crippen LogP) is 5.30. The Kier molecular flexibility index (Phi) is 5.47. The van der Waals surface area contributed by atoms with Gasteiger partial charge in [-0.15, -0.1) is 0 Å². The first-order valence-electron chi connectivity index (χ1n) is 9.79. The third-order valence-corrected chi connectivity index (χ3v) is 5.30. The summed E-state index contributed by atoms with van der Waals surface area (Å²) < 4.78 is 19.9. The van der Waals surface area contributed by atoms with Crippen molar-refractivity contribution in [2.24, 2.45) is 0 Å². The fourth-order valence-electron chi connectivity index (χ4n) is 3.82. The molecule has 0 spiro atoms. The van der Waals surface area contributed by atoms with Gasteiger partial charge in [-0.1, -0.05) is 43.3 Å². The summed E-state index contributed by atoms with van der Waals surface area (Å²) in [6.07, 6.45) is 4.51. The molecule has 4 nitrogen and oxygen atoms in total. The Hall–Kier alpha value is -3.34. The van der Waals surface area contributed by atoms with Crippen LogP contribution in [-0.2, 0) is 17.8 Å². The van der Waals surface area contributed by atoms with Gasteiger partial charge in [0, 0.05) is 29.4 Å². The summed E-state index contributed by atoms with van der Waals surface area (Å²) in [7, 11) is 0. The van der Waals surface area contributed by atoms with Crippen LogP contribution < -0.4 is 5.32 Å². The Labute approximate surface area is 168 Å². The highest BCUT2D eigenvalue weighted by molar-refractivity contribution is 5.88. The Bertz CT molecular complexity index is 1120. The number of benzene rings is 2. The molecule has 1 atom stereocenters. The standard InChI is InChI=1S/C24H23FN2O2/c1-2-16-7-5-10-19-21(15-27-24(16)19)20(18-9-3-4-11-22(18)25)13-23(28)26-14-17-8-6-12-29-17/h3-12,15,20,27H,2,13-14H2,1H3,(H,26,28)/t20-/m1/s1. The second kappa shape index (κ2) is 8.35. The zero-order chi connectivity index (χ0) is 20.2. The van der Waals surface area contributed by atoms with Crippen LogP contribution in [0.3, 0.4) is 0 Å². The number of rotatable bonds is 7. The molecule has 0 unspecified atom stereocenters. The number of hydrogen-bond acceptors (Lipinski definition) is 2. The zero-order valence-electron chi connectivity index (χ0n) is 16.2. The van der Waals surface area contributed by atoms with Crippen molar-refractivity contribution < 1.29 is 13.6 Å². The lowest BCUT2D eigenvalue weighted by molar-refractivity contribution is -0.121. The van der Waals surface area contributed by atoms with Crippen LogP contribution in [-0.4, -0.2) is 10.9 Å². The van der Waals surface area contributed by atoms with E-state index in [0.29, 0.717) is 17.9 Å². The van der Waals surface area contributed by atoms with Gasteiger partial charge in [0.2, 0.25) is 5.91 Å². The van der Waals surface area contributed by atoms with Gasteiger partial charge in [-0.25, -0.2) is 4.39 Å². The molecule has 4 rings (SSSR count). The molecule has 0 aliphatic heterocycles. The zero-order valence-corrected chi connectivity index (χ0v) is 16.2. The van der Waals surface area contributed by atoms with Crippen molar-refractivity contribution in [3.63, 3.8) is 0 Å². The minimum Gasteiger partial charge on any atom is -0.467 e. The van der Waals surface area contributed by atoms with Gasteiger partial charge in [0.15, 0.2) is 0 Å². The molecule has 0 fully saturated rings. The summed E-state index contributed by atoms with van der Waals surface area (Å²) in [5, 5.41) is 3.90. The highest BCUT2D eigenvalue weighted by atomic mass is 19.1. The number of carbonyl (C=O) groups excluding carboxylic acids is 1. The first-order valence-corrected chi connectivity index (χ1v) is 9.79. The highest BCUT2D eigenvalue weighted by Crippen LogP contribution is 2.35. The Morgan fingerprint density at radius 1 is 1.10 bits per heavy atom. The quantitative estimate of drug-likeness (QED) is 0.450. The number of hydrogen-bond donors (Lipinski definition) is 2. The second-order valence-corrected chi connectivity index (χ2v) is 7.07. The lowest BCUT2D eigenvalue weighted by Crippen LogP contribution is -2.25. The van der Waals surface area contributed by atoms with Crippen molar-refractivity contribution in [3.8, 4) is 0 Å². The summed E-state index contributed by atoms with van der Waals surface area (Å²) in [4.78, 5) is 16.0. The van der Waals surface area contributed by atoms with E-state index in [1.165, 1.54) is 11.6 Å². The van der Waals surface area contributed by atoms with Gasteiger partial charge in [-0.2, -0.15) is 0 Å². The van der Waals surface area contributed by atoms with E-state index in [0.717, 1.165) is 22.9 Å². The minimum absolute atomic E-state index is 0.144. The lowest BCUT2D eigenvalue weighted by atomic mass is 9.87. The monoisotopic (exact) mass is 390 g/mol. The van der Waals surface area contributed by atoms with Crippen molar-refractivity contribution in [2.75, 3.05) is 0 Å². The first-order chi connectivity index (χ1) is 14.2. The summed E-state index contributed by atoms with van der Waals surface area (Å²) in [5.74, 6) is -0.179. The van der Waals surface area contributed by atoms with Gasteiger partial charge in [0.1, 0.15) is 11.6 Å². The molecule has 5 heteroatoms. The number of H-pyrrole nitrogens is 1. The van der Waals surface area contributed by atoms with Crippen LogP contribution >= 0.6 is 0 Å². The van der Waals surface area contributed by atoms with Crippen LogP contribution in [0.1, 0.15) is 41.7 Å².